The molecule has 21 heavy (non-hydrogen) atoms. The molecule has 0 bridgehead atoms. The molecule has 0 radical (unpaired) electrons. The van der Waals surface area contributed by atoms with Crippen LogP contribution in [0.1, 0.15) is 16.1 Å². The molecule has 1 amide bonds. The van der Waals surface area contributed by atoms with E-state index in [0.29, 0.717) is 17.4 Å². The molecule has 0 aliphatic rings. The van der Waals surface area contributed by atoms with Gasteiger partial charge in [-0.05, 0) is 12.1 Å². The molecule has 0 unspecified atom stereocenters. The maximum absolute atomic E-state index is 11.0. The monoisotopic (exact) mass is 302 g/mol. The molecule has 3 N–H and O–H groups in total. The van der Waals surface area contributed by atoms with Crippen LogP contribution in [-0.4, -0.2) is 25.5 Å². The topological polar surface area (TPSA) is 98.2 Å². The fourth-order valence-corrected chi connectivity index (χ4v) is 2.13. The molecule has 0 spiro atoms. The number of carbonyl (C=O) groups is 1. The number of aromatic nitrogens is 4. The van der Waals surface area contributed by atoms with Gasteiger partial charge in [-0.25, -0.2) is 14.5 Å². The third kappa shape index (κ3) is 2.63. The van der Waals surface area contributed by atoms with Gasteiger partial charge in [0, 0.05) is 18.5 Å². The van der Waals surface area contributed by atoms with Crippen LogP contribution < -0.4 is 11.1 Å². The summed E-state index contributed by atoms with van der Waals surface area (Å²) in [5, 5.41) is 7.61. The molecule has 0 fully saturated rings. The van der Waals surface area contributed by atoms with Crippen LogP contribution in [0.4, 0.5) is 5.82 Å². The zero-order valence-corrected chi connectivity index (χ0v) is 11.6. The van der Waals surface area contributed by atoms with Gasteiger partial charge in [0.1, 0.15) is 5.82 Å². The van der Waals surface area contributed by atoms with E-state index in [-0.39, 0.29) is 5.56 Å². The SMILES string of the molecule is NC(=O)c1cnc(NCc2ccnc3ccnn23)c(Cl)c1. The molecule has 3 aromatic heterocycles. The highest BCUT2D eigenvalue weighted by Crippen LogP contribution is 2.20. The van der Waals surface area contributed by atoms with E-state index in [4.69, 9.17) is 17.3 Å². The van der Waals surface area contributed by atoms with Gasteiger partial charge in [-0.2, -0.15) is 5.10 Å². The lowest BCUT2D eigenvalue weighted by atomic mass is 10.2. The molecule has 0 aromatic carbocycles. The number of hydrogen-bond acceptors (Lipinski definition) is 5. The second-order valence-electron chi connectivity index (χ2n) is 4.31. The number of hydrogen-bond donors (Lipinski definition) is 2. The molecule has 0 saturated carbocycles. The normalized spacial score (nSPS) is 10.7. The van der Waals surface area contributed by atoms with Gasteiger partial charge in [0.05, 0.1) is 29.0 Å². The fourth-order valence-electron chi connectivity index (χ4n) is 1.90. The summed E-state index contributed by atoms with van der Waals surface area (Å²) in [6.45, 7) is 0.462. The summed E-state index contributed by atoms with van der Waals surface area (Å²) in [5.74, 6) is -0.0953. The van der Waals surface area contributed by atoms with Gasteiger partial charge in [0.25, 0.3) is 0 Å². The number of halogens is 1. The van der Waals surface area contributed by atoms with Crippen molar-refractivity contribution in [2.75, 3.05) is 5.32 Å². The largest absolute Gasteiger partial charge is 0.366 e. The fraction of sp³-hybridized carbons (Fsp3) is 0.0769. The molecule has 8 heteroatoms. The molecule has 0 aliphatic carbocycles. The summed E-state index contributed by atoms with van der Waals surface area (Å²) >= 11 is 6.07. The standard InChI is InChI=1S/C13H11ClN6O/c14-10-5-8(12(15)21)6-17-13(10)18-7-9-1-3-16-11-2-4-19-20(9)11/h1-6H,7H2,(H2,15,21)(H,17,18). The van der Waals surface area contributed by atoms with Crippen LogP contribution >= 0.6 is 11.6 Å². The summed E-state index contributed by atoms with van der Waals surface area (Å²) in [4.78, 5) is 19.3. The van der Waals surface area contributed by atoms with Crippen LogP contribution in [0.25, 0.3) is 5.65 Å². The number of primary amides is 1. The second-order valence-corrected chi connectivity index (χ2v) is 4.72. The van der Waals surface area contributed by atoms with Crippen molar-refractivity contribution in [3.63, 3.8) is 0 Å². The molecule has 106 valence electrons. The predicted octanol–water partition coefficient (Wildman–Crippen LogP) is 1.49. The predicted molar refractivity (Wildman–Crippen MR) is 78.1 cm³/mol. The molecule has 3 rings (SSSR count). The quantitative estimate of drug-likeness (QED) is 0.761. The minimum atomic E-state index is -0.566. The number of carbonyl (C=O) groups excluding carboxylic acids is 1. The Bertz CT molecular complexity index is 815. The maximum Gasteiger partial charge on any atom is 0.250 e. The highest BCUT2D eigenvalue weighted by Gasteiger charge is 2.08. The summed E-state index contributed by atoms with van der Waals surface area (Å²) in [6.07, 6.45) is 4.77. The lowest BCUT2D eigenvalue weighted by Crippen LogP contribution is -2.12. The van der Waals surface area contributed by atoms with Crippen molar-refractivity contribution in [2.45, 2.75) is 6.54 Å². The van der Waals surface area contributed by atoms with Crippen LogP contribution in [0.2, 0.25) is 5.02 Å². The van der Waals surface area contributed by atoms with Crippen LogP contribution in [0.3, 0.4) is 0 Å². The van der Waals surface area contributed by atoms with Crippen molar-refractivity contribution in [1.82, 2.24) is 19.6 Å². The van der Waals surface area contributed by atoms with Gasteiger partial charge in [0.2, 0.25) is 5.91 Å². The zero-order chi connectivity index (χ0) is 14.8. The van der Waals surface area contributed by atoms with Crippen LogP contribution in [-0.2, 0) is 6.54 Å². The van der Waals surface area contributed by atoms with E-state index in [9.17, 15) is 4.79 Å². The van der Waals surface area contributed by atoms with Crippen LogP contribution in [0, 0.1) is 0 Å². The van der Waals surface area contributed by atoms with E-state index in [1.165, 1.54) is 12.3 Å². The molecule has 0 aliphatic heterocycles. The first-order valence-electron chi connectivity index (χ1n) is 6.12. The van der Waals surface area contributed by atoms with Gasteiger partial charge in [-0.1, -0.05) is 11.6 Å². The number of nitrogens with one attached hydrogen (secondary N) is 1. The number of rotatable bonds is 4. The first-order chi connectivity index (χ1) is 10.1. The highest BCUT2D eigenvalue weighted by molar-refractivity contribution is 6.33. The van der Waals surface area contributed by atoms with Crippen LogP contribution in [0.5, 0.6) is 0 Å². The maximum atomic E-state index is 11.0. The second kappa shape index (κ2) is 5.37. The number of amides is 1. The minimum absolute atomic E-state index is 0.268. The molecule has 0 atom stereocenters. The van der Waals surface area contributed by atoms with Crippen LogP contribution in [0.15, 0.2) is 36.8 Å². The summed E-state index contributed by atoms with van der Waals surface area (Å²) in [5.41, 5.74) is 7.11. The minimum Gasteiger partial charge on any atom is -0.366 e. The van der Waals surface area contributed by atoms with Crippen molar-refractivity contribution in [3.8, 4) is 0 Å². The average molecular weight is 303 g/mol. The molecule has 0 saturated heterocycles. The molecular formula is C13H11ClN6O. The van der Waals surface area contributed by atoms with Gasteiger partial charge >= 0.3 is 0 Å². The number of nitrogens with zero attached hydrogens (tertiary/aromatic N) is 4. The lowest BCUT2D eigenvalue weighted by molar-refractivity contribution is 0.1000. The first-order valence-corrected chi connectivity index (χ1v) is 6.50. The number of fused-ring (bicyclic) bond motifs is 1. The number of anilines is 1. The Morgan fingerprint density at radius 3 is 2.95 bits per heavy atom. The first kappa shape index (κ1) is 13.3. The number of pyridine rings is 1. The summed E-state index contributed by atoms with van der Waals surface area (Å²) in [7, 11) is 0. The van der Waals surface area contributed by atoms with Crippen molar-refractivity contribution >= 4 is 29.0 Å². The molecule has 7 nitrogen and oxygen atoms in total. The summed E-state index contributed by atoms with van der Waals surface area (Å²) < 4.78 is 1.72. The Hall–Kier alpha value is -2.67. The van der Waals surface area contributed by atoms with E-state index in [0.717, 1.165) is 11.3 Å². The Kier molecular flexibility index (Phi) is 3.41. The van der Waals surface area contributed by atoms with E-state index in [1.54, 1.807) is 16.9 Å². The van der Waals surface area contributed by atoms with Gasteiger partial charge in [-0.15, -0.1) is 0 Å². The summed E-state index contributed by atoms with van der Waals surface area (Å²) in [6, 6.07) is 5.14. The van der Waals surface area contributed by atoms with Gasteiger partial charge in [0.15, 0.2) is 5.65 Å². The van der Waals surface area contributed by atoms with Crippen molar-refractivity contribution in [1.29, 1.82) is 0 Å². The van der Waals surface area contributed by atoms with Crippen molar-refractivity contribution < 1.29 is 4.79 Å². The molecule has 3 heterocycles. The third-order valence-electron chi connectivity index (χ3n) is 2.93. The smallest absolute Gasteiger partial charge is 0.250 e. The zero-order valence-electron chi connectivity index (χ0n) is 10.8. The van der Waals surface area contributed by atoms with E-state index < -0.39 is 5.91 Å². The van der Waals surface area contributed by atoms with E-state index in [2.05, 4.69) is 20.4 Å². The Labute approximate surface area is 124 Å². The highest BCUT2D eigenvalue weighted by atomic mass is 35.5. The molecule has 3 aromatic rings. The lowest BCUT2D eigenvalue weighted by Gasteiger charge is -2.09. The Morgan fingerprint density at radius 1 is 1.33 bits per heavy atom. The van der Waals surface area contributed by atoms with Gasteiger partial charge in [-0.3, -0.25) is 4.79 Å². The van der Waals surface area contributed by atoms with Gasteiger partial charge < -0.3 is 11.1 Å². The average Bonchev–Trinajstić information content (AvgIpc) is 2.94. The van der Waals surface area contributed by atoms with Crippen molar-refractivity contribution in [2.24, 2.45) is 5.73 Å². The molecular weight excluding hydrogens is 292 g/mol. The Morgan fingerprint density at radius 2 is 2.19 bits per heavy atom. The Balaban J connectivity index is 1.82. The third-order valence-corrected chi connectivity index (χ3v) is 3.22. The number of nitrogens with two attached hydrogens (primary N) is 1. The van der Waals surface area contributed by atoms with E-state index >= 15 is 0 Å². The van der Waals surface area contributed by atoms with Crippen molar-refractivity contribution in [3.05, 3.63) is 53.1 Å². The van der Waals surface area contributed by atoms with E-state index in [1.807, 2.05) is 12.1 Å².